The number of likely N-dealkylation sites (N-methyl/N-ethyl adjacent to an activating group) is 1. The standard InChI is InChI=1S/C12H14BrFN4/c1-15-11(6-12-16-7-17-18(12)2)9-5-8(14)3-4-10(9)13/h3-5,7,11,15H,6H2,1-2H3. The predicted molar refractivity (Wildman–Crippen MR) is 70.6 cm³/mol. The Morgan fingerprint density at radius 3 is 2.89 bits per heavy atom. The Kier molecular flexibility index (Phi) is 4.08. The van der Waals surface area contributed by atoms with Crippen LogP contribution in [0.5, 0.6) is 0 Å². The van der Waals surface area contributed by atoms with E-state index in [4.69, 9.17) is 0 Å². The molecular formula is C12H14BrFN4. The molecule has 1 N–H and O–H groups in total. The van der Waals surface area contributed by atoms with Crippen LogP contribution in [0.15, 0.2) is 29.0 Å². The molecule has 4 nitrogen and oxygen atoms in total. The zero-order valence-electron chi connectivity index (χ0n) is 10.2. The number of aromatic nitrogens is 3. The highest BCUT2D eigenvalue weighted by molar-refractivity contribution is 9.10. The van der Waals surface area contributed by atoms with E-state index in [-0.39, 0.29) is 11.9 Å². The van der Waals surface area contributed by atoms with E-state index in [2.05, 4.69) is 31.3 Å². The number of aryl methyl sites for hydroxylation is 1. The molecule has 1 aromatic carbocycles. The van der Waals surface area contributed by atoms with E-state index in [0.29, 0.717) is 6.42 Å². The first-order valence-corrected chi connectivity index (χ1v) is 6.36. The van der Waals surface area contributed by atoms with Crippen LogP contribution in [0.4, 0.5) is 4.39 Å². The average Bonchev–Trinajstić information content (AvgIpc) is 2.75. The quantitative estimate of drug-likeness (QED) is 0.941. The minimum absolute atomic E-state index is 0.0158. The van der Waals surface area contributed by atoms with Crippen molar-refractivity contribution in [1.82, 2.24) is 20.1 Å². The van der Waals surface area contributed by atoms with Gasteiger partial charge in [0.1, 0.15) is 18.0 Å². The van der Waals surface area contributed by atoms with Crippen LogP contribution in [0.1, 0.15) is 17.4 Å². The van der Waals surface area contributed by atoms with Gasteiger partial charge in [-0.25, -0.2) is 9.37 Å². The molecule has 18 heavy (non-hydrogen) atoms. The molecule has 96 valence electrons. The van der Waals surface area contributed by atoms with E-state index in [0.717, 1.165) is 15.9 Å². The second kappa shape index (κ2) is 5.58. The van der Waals surface area contributed by atoms with Crippen molar-refractivity contribution < 1.29 is 4.39 Å². The lowest BCUT2D eigenvalue weighted by Crippen LogP contribution is -2.21. The van der Waals surface area contributed by atoms with Gasteiger partial charge < -0.3 is 5.32 Å². The summed E-state index contributed by atoms with van der Waals surface area (Å²) < 4.78 is 15.9. The lowest BCUT2D eigenvalue weighted by Gasteiger charge is -2.17. The van der Waals surface area contributed by atoms with Crippen molar-refractivity contribution >= 4 is 15.9 Å². The van der Waals surface area contributed by atoms with Gasteiger partial charge in [0.2, 0.25) is 0 Å². The highest BCUT2D eigenvalue weighted by atomic mass is 79.9. The van der Waals surface area contributed by atoms with Crippen LogP contribution >= 0.6 is 15.9 Å². The van der Waals surface area contributed by atoms with Gasteiger partial charge in [0.25, 0.3) is 0 Å². The SMILES string of the molecule is CNC(Cc1ncnn1C)c1cc(F)ccc1Br. The van der Waals surface area contributed by atoms with E-state index < -0.39 is 0 Å². The number of halogens is 2. The molecule has 0 saturated carbocycles. The van der Waals surface area contributed by atoms with Crippen molar-refractivity contribution in [2.75, 3.05) is 7.05 Å². The average molecular weight is 313 g/mol. The van der Waals surface area contributed by atoms with Crippen molar-refractivity contribution in [2.24, 2.45) is 7.05 Å². The molecule has 0 bridgehead atoms. The van der Waals surface area contributed by atoms with Crippen LogP contribution < -0.4 is 5.32 Å². The van der Waals surface area contributed by atoms with Gasteiger partial charge in [-0.1, -0.05) is 15.9 Å². The lowest BCUT2D eigenvalue weighted by atomic mass is 10.0. The summed E-state index contributed by atoms with van der Waals surface area (Å²) in [5.74, 6) is 0.608. The molecule has 0 saturated heterocycles. The van der Waals surface area contributed by atoms with E-state index in [1.807, 2.05) is 14.1 Å². The van der Waals surface area contributed by atoms with Crippen LogP contribution in [0.2, 0.25) is 0 Å². The van der Waals surface area contributed by atoms with Crippen molar-refractivity contribution in [3.63, 3.8) is 0 Å². The van der Waals surface area contributed by atoms with Gasteiger partial charge in [-0.3, -0.25) is 4.68 Å². The fraction of sp³-hybridized carbons (Fsp3) is 0.333. The molecule has 1 unspecified atom stereocenters. The molecule has 0 radical (unpaired) electrons. The Morgan fingerprint density at radius 1 is 1.50 bits per heavy atom. The smallest absolute Gasteiger partial charge is 0.138 e. The number of rotatable bonds is 4. The van der Waals surface area contributed by atoms with Crippen molar-refractivity contribution in [3.05, 3.63) is 46.2 Å². The minimum Gasteiger partial charge on any atom is -0.313 e. The monoisotopic (exact) mass is 312 g/mol. The Hall–Kier alpha value is -1.27. The fourth-order valence-electron chi connectivity index (χ4n) is 1.84. The van der Waals surface area contributed by atoms with Gasteiger partial charge >= 0.3 is 0 Å². The maximum absolute atomic E-state index is 13.3. The third kappa shape index (κ3) is 2.76. The summed E-state index contributed by atoms with van der Waals surface area (Å²) in [4.78, 5) is 4.18. The first-order chi connectivity index (χ1) is 8.61. The van der Waals surface area contributed by atoms with Gasteiger partial charge in [-0.15, -0.1) is 0 Å². The summed E-state index contributed by atoms with van der Waals surface area (Å²) in [5, 5.41) is 7.20. The van der Waals surface area contributed by atoms with E-state index >= 15 is 0 Å². The molecule has 2 aromatic rings. The molecule has 0 aliphatic carbocycles. The number of nitrogens with zero attached hydrogens (tertiary/aromatic N) is 3. The Labute approximate surface area is 113 Å². The summed E-state index contributed by atoms with van der Waals surface area (Å²) in [5.41, 5.74) is 0.875. The van der Waals surface area contributed by atoms with Gasteiger partial charge in [-0.05, 0) is 30.8 Å². The molecular weight excluding hydrogens is 299 g/mol. The molecule has 0 amide bonds. The van der Waals surface area contributed by atoms with Crippen LogP contribution in [0.25, 0.3) is 0 Å². The summed E-state index contributed by atoms with van der Waals surface area (Å²) in [6.45, 7) is 0. The zero-order valence-corrected chi connectivity index (χ0v) is 11.8. The molecule has 0 aliphatic heterocycles. The normalized spacial score (nSPS) is 12.7. The predicted octanol–water partition coefficient (Wildman–Crippen LogP) is 2.22. The van der Waals surface area contributed by atoms with Crippen molar-refractivity contribution in [1.29, 1.82) is 0 Å². The summed E-state index contributed by atoms with van der Waals surface area (Å²) in [6, 6.07) is 4.66. The zero-order chi connectivity index (χ0) is 13.1. The van der Waals surface area contributed by atoms with Gasteiger partial charge in [-0.2, -0.15) is 5.10 Å². The van der Waals surface area contributed by atoms with Crippen LogP contribution in [0.3, 0.4) is 0 Å². The summed E-state index contributed by atoms with van der Waals surface area (Å²) in [7, 11) is 3.69. The number of benzene rings is 1. The summed E-state index contributed by atoms with van der Waals surface area (Å²) in [6.07, 6.45) is 2.16. The fourth-order valence-corrected chi connectivity index (χ4v) is 2.36. The van der Waals surface area contributed by atoms with E-state index in [1.54, 1.807) is 10.7 Å². The van der Waals surface area contributed by atoms with Crippen LogP contribution in [0, 0.1) is 5.82 Å². The van der Waals surface area contributed by atoms with Crippen LogP contribution in [-0.4, -0.2) is 21.8 Å². The molecule has 2 rings (SSSR count). The van der Waals surface area contributed by atoms with E-state index in [9.17, 15) is 4.39 Å². The number of nitrogens with one attached hydrogen (secondary N) is 1. The Balaban J connectivity index is 2.28. The molecule has 1 atom stereocenters. The molecule has 1 aromatic heterocycles. The summed E-state index contributed by atoms with van der Waals surface area (Å²) >= 11 is 3.44. The largest absolute Gasteiger partial charge is 0.313 e. The topological polar surface area (TPSA) is 42.7 Å². The maximum Gasteiger partial charge on any atom is 0.138 e. The lowest BCUT2D eigenvalue weighted by molar-refractivity contribution is 0.544. The van der Waals surface area contributed by atoms with Crippen molar-refractivity contribution in [3.8, 4) is 0 Å². The molecule has 0 fully saturated rings. The first kappa shape index (κ1) is 13.2. The molecule has 6 heteroatoms. The second-order valence-corrected chi connectivity index (χ2v) is 4.87. The third-order valence-corrected chi connectivity index (χ3v) is 3.60. The van der Waals surface area contributed by atoms with Crippen molar-refractivity contribution in [2.45, 2.75) is 12.5 Å². The van der Waals surface area contributed by atoms with Gasteiger partial charge in [0.15, 0.2) is 0 Å². The molecule has 1 heterocycles. The maximum atomic E-state index is 13.3. The Bertz CT molecular complexity index is 541. The van der Waals surface area contributed by atoms with Gasteiger partial charge in [0, 0.05) is 24.0 Å². The highest BCUT2D eigenvalue weighted by Gasteiger charge is 2.16. The van der Waals surface area contributed by atoms with E-state index in [1.165, 1.54) is 18.5 Å². The Morgan fingerprint density at radius 2 is 2.28 bits per heavy atom. The van der Waals surface area contributed by atoms with Crippen LogP contribution in [-0.2, 0) is 13.5 Å². The second-order valence-electron chi connectivity index (χ2n) is 4.01. The number of hydrogen-bond acceptors (Lipinski definition) is 3. The molecule has 0 aliphatic rings. The first-order valence-electron chi connectivity index (χ1n) is 5.57. The third-order valence-electron chi connectivity index (χ3n) is 2.87. The molecule has 0 spiro atoms. The van der Waals surface area contributed by atoms with Gasteiger partial charge in [0.05, 0.1) is 0 Å². The number of hydrogen-bond donors (Lipinski definition) is 1. The highest BCUT2D eigenvalue weighted by Crippen LogP contribution is 2.26. The minimum atomic E-state index is -0.244.